The number of ether oxygens (including phenoxy) is 2. The van der Waals surface area contributed by atoms with Crippen molar-refractivity contribution in [1.29, 1.82) is 0 Å². The molecule has 2 nitrogen and oxygen atoms in total. The predicted molar refractivity (Wildman–Crippen MR) is 60.3 cm³/mol. The highest BCUT2D eigenvalue weighted by molar-refractivity contribution is 7.80. The summed E-state index contributed by atoms with van der Waals surface area (Å²) in [5.74, 6) is 0. The molecule has 0 heterocycles. The SMILES string of the molecule is CCOC(C)OC(=S)c1ccccc1. The third kappa shape index (κ3) is 3.44. The Morgan fingerprint density at radius 2 is 2.00 bits per heavy atom. The first-order chi connectivity index (χ1) is 6.74. The van der Waals surface area contributed by atoms with Gasteiger partial charge < -0.3 is 9.47 Å². The molecule has 1 unspecified atom stereocenters. The van der Waals surface area contributed by atoms with Gasteiger partial charge in [0.25, 0.3) is 0 Å². The van der Waals surface area contributed by atoms with E-state index in [0.29, 0.717) is 11.7 Å². The summed E-state index contributed by atoms with van der Waals surface area (Å²) in [6.45, 7) is 4.38. The van der Waals surface area contributed by atoms with Crippen LogP contribution in [0.4, 0.5) is 0 Å². The summed E-state index contributed by atoms with van der Waals surface area (Å²) >= 11 is 5.11. The van der Waals surface area contributed by atoms with Crippen LogP contribution in [0.2, 0.25) is 0 Å². The highest BCUT2D eigenvalue weighted by Crippen LogP contribution is 2.05. The van der Waals surface area contributed by atoms with E-state index in [2.05, 4.69) is 0 Å². The Kier molecular flexibility index (Phi) is 4.56. The molecule has 0 aliphatic rings. The summed E-state index contributed by atoms with van der Waals surface area (Å²) in [6, 6.07) is 9.63. The minimum Gasteiger partial charge on any atom is -0.454 e. The van der Waals surface area contributed by atoms with Crippen molar-refractivity contribution in [1.82, 2.24) is 0 Å². The van der Waals surface area contributed by atoms with Crippen LogP contribution in [0, 0.1) is 0 Å². The highest BCUT2D eigenvalue weighted by atomic mass is 32.1. The van der Waals surface area contributed by atoms with E-state index in [1.165, 1.54) is 0 Å². The van der Waals surface area contributed by atoms with E-state index in [4.69, 9.17) is 21.7 Å². The minimum absolute atomic E-state index is 0.285. The lowest BCUT2D eigenvalue weighted by molar-refractivity contribution is -0.0673. The van der Waals surface area contributed by atoms with Crippen LogP contribution in [-0.2, 0) is 9.47 Å². The Labute approximate surface area is 89.8 Å². The van der Waals surface area contributed by atoms with Crippen molar-refractivity contribution in [2.75, 3.05) is 6.61 Å². The summed E-state index contributed by atoms with van der Waals surface area (Å²) in [4.78, 5) is 0. The van der Waals surface area contributed by atoms with Crippen LogP contribution in [-0.4, -0.2) is 17.9 Å². The van der Waals surface area contributed by atoms with Crippen molar-refractivity contribution in [3.63, 3.8) is 0 Å². The first kappa shape index (κ1) is 11.1. The van der Waals surface area contributed by atoms with E-state index in [9.17, 15) is 0 Å². The third-order valence-corrected chi connectivity index (χ3v) is 2.02. The van der Waals surface area contributed by atoms with Gasteiger partial charge >= 0.3 is 0 Å². The zero-order valence-corrected chi connectivity index (χ0v) is 9.21. The lowest BCUT2D eigenvalue weighted by Crippen LogP contribution is -2.17. The maximum absolute atomic E-state index is 5.39. The van der Waals surface area contributed by atoms with Crippen LogP contribution in [0.25, 0.3) is 0 Å². The predicted octanol–water partition coefficient (Wildman–Crippen LogP) is 2.76. The third-order valence-electron chi connectivity index (χ3n) is 1.68. The van der Waals surface area contributed by atoms with Gasteiger partial charge in [-0.25, -0.2) is 0 Å². The molecule has 0 radical (unpaired) electrons. The lowest BCUT2D eigenvalue weighted by atomic mass is 10.2. The first-order valence-corrected chi connectivity index (χ1v) is 5.02. The van der Waals surface area contributed by atoms with E-state index in [1.807, 2.05) is 44.2 Å². The Morgan fingerprint density at radius 1 is 1.36 bits per heavy atom. The smallest absolute Gasteiger partial charge is 0.198 e. The highest BCUT2D eigenvalue weighted by Gasteiger charge is 2.06. The van der Waals surface area contributed by atoms with Crippen LogP contribution in [0.3, 0.4) is 0 Å². The van der Waals surface area contributed by atoms with Crippen LogP contribution in [0.1, 0.15) is 19.4 Å². The molecule has 0 saturated carbocycles. The van der Waals surface area contributed by atoms with Crippen LogP contribution in [0.5, 0.6) is 0 Å². The molecule has 14 heavy (non-hydrogen) atoms. The van der Waals surface area contributed by atoms with E-state index < -0.39 is 0 Å². The summed E-state index contributed by atoms with van der Waals surface area (Å²) in [7, 11) is 0. The average molecular weight is 210 g/mol. The van der Waals surface area contributed by atoms with Gasteiger partial charge in [0.15, 0.2) is 11.3 Å². The fourth-order valence-corrected chi connectivity index (χ4v) is 1.33. The molecule has 76 valence electrons. The topological polar surface area (TPSA) is 18.5 Å². The average Bonchev–Trinajstić information content (AvgIpc) is 2.19. The zero-order valence-electron chi connectivity index (χ0n) is 8.40. The van der Waals surface area contributed by atoms with Gasteiger partial charge in [-0.2, -0.15) is 0 Å². The molecule has 1 atom stereocenters. The second kappa shape index (κ2) is 5.73. The van der Waals surface area contributed by atoms with Crippen LogP contribution >= 0.6 is 12.2 Å². The summed E-state index contributed by atoms with van der Waals surface area (Å²) < 4.78 is 10.6. The number of thiocarbonyl (C=S) groups is 1. The minimum atomic E-state index is -0.285. The van der Waals surface area contributed by atoms with Crippen molar-refractivity contribution >= 4 is 17.3 Å². The summed E-state index contributed by atoms with van der Waals surface area (Å²) in [5, 5.41) is 0.478. The van der Waals surface area contributed by atoms with E-state index in [0.717, 1.165) is 5.56 Å². The van der Waals surface area contributed by atoms with E-state index in [-0.39, 0.29) is 6.29 Å². The van der Waals surface area contributed by atoms with Crippen molar-refractivity contribution in [2.24, 2.45) is 0 Å². The molecule has 0 aliphatic carbocycles. The van der Waals surface area contributed by atoms with Crippen molar-refractivity contribution in [2.45, 2.75) is 20.1 Å². The number of benzene rings is 1. The fraction of sp³-hybridized carbons (Fsp3) is 0.364. The normalized spacial score (nSPS) is 12.1. The summed E-state index contributed by atoms with van der Waals surface area (Å²) in [6.07, 6.45) is -0.285. The van der Waals surface area contributed by atoms with Gasteiger partial charge in [0.1, 0.15) is 0 Å². The van der Waals surface area contributed by atoms with Crippen molar-refractivity contribution in [3.8, 4) is 0 Å². The number of hydrogen-bond acceptors (Lipinski definition) is 3. The molecule has 0 aromatic heterocycles. The van der Waals surface area contributed by atoms with Gasteiger partial charge in [-0.1, -0.05) is 30.3 Å². The van der Waals surface area contributed by atoms with Gasteiger partial charge in [-0.15, -0.1) is 0 Å². The van der Waals surface area contributed by atoms with Crippen molar-refractivity contribution in [3.05, 3.63) is 35.9 Å². The zero-order chi connectivity index (χ0) is 10.4. The maximum atomic E-state index is 5.39. The molecule has 0 aliphatic heterocycles. The quantitative estimate of drug-likeness (QED) is 0.562. The Bertz CT molecular complexity index is 285. The Morgan fingerprint density at radius 3 is 2.57 bits per heavy atom. The van der Waals surface area contributed by atoms with Crippen LogP contribution < -0.4 is 0 Å². The van der Waals surface area contributed by atoms with Crippen LogP contribution in [0.15, 0.2) is 30.3 Å². The van der Waals surface area contributed by atoms with Gasteiger partial charge in [0, 0.05) is 12.2 Å². The standard InChI is InChI=1S/C11H14O2S/c1-3-12-9(2)13-11(14)10-7-5-4-6-8-10/h4-9H,3H2,1-2H3. The Hall–Kier alpha value is -0.930. The molecule has 0 N–H and O–H groups in total. The molecule has 1 aromatic rings. The van der Waals surface area contributed by atoms with E-state index >= 15 is 0 Å². The Balaban J connectivity index is 2.51. The maximum Gasteiger partial charge on any atom is 0.198 e. The molecule has 3 heteroatoms. The molecular formula is C11H14O2S. The molecule has 0 amide bonds. The van der Waals surface area contributed by atoms with Crippen molar-refractivity contribution < 1.29 is 9.47 Å². The monoisotopic (exact) mass is 210 g/mol. The lowest BCUT2D eigenvalue weighted by Gasteiger charge is -2.14. The molecule has 1 aromatic carbocycles. The fourth-order valence-electron chi connectivity index (χ4n) is 1.06. The molecule has 0 saturated heterocycles. The second-order valence-corrected chi connectivity index (χ2v) is 3.17. The van der Waals surface area contributed by atoms with Gasteiger partial charge in [0.05, 0.1) is 0 Å². The van der Waals surface area contributed by atoms with Gasteiger partial charge in [0.2, 0.25) is 0 Å². The largest absolute Gasteiger partial charge is 0.454 e. The number of rotatable bonds is 4. The van der Waals surface area contributed by atoms with Gasteiger partial charge in [-0.3, -0.25) is 0 Å². The molecule has 0 bridgehead atoms. The first-order valence-electron chi connectivity index (χ1n) is 4.61. The summed E-state index contributed by atoms with van der Waals surface area (Å²) in [5.41, 5.74) is 0.911. The molecule has 0 fully saturated rings. The molecule has 0 spiro atoms. The van der Waals surface area contributed by atoms with Gasteiger partial charge in [-0.05, 0) is 26.1 Å². The number of hydrogen-bond donors (Lipinski definition) is 0. The molecule has 1 rings (SSSR count). The molecular weight excluding hydrogens is 196 g/mol. The second-order valence-electron chi connectivity index (χ2n) is 2.79. The van der Waals surface area contributed by atoms with E-state index in [1.54, 1.807) is 0 Å².